The van der Waals surface area contributed by atoms with Gasteiger partial charge in [-0.3, -0.25) is 4.79 Å². The Hall–Kier alpha value is -1.72. The highest BCUT2D eigenvalue weighted by Gasteiger charge is 2.13. The van der Waals surface area contributed by atoms with Gasteiger partial charge in [0.1, 0.15) is 5.75 Å². The molecule has 1 aromatic heterocycles. The molecule has 0 atom stereocenters. The van der Waals surface area contributed by atoms with Crippen molar-refractivity contribution in [1.29, 1.82) is 0 Å². The number of aromatic nitrogens is 1. The van der Waals surface area contributed by atoms with Crippen molar-refractivity contribution in [1.82, 2.24) is 4.98 Å². The maximum Gasteiger partial charge on any atom is 0.221 e. The average molecular weight is 284 g/mol. The number of halogens is 1. The van der Waals surface area contributed by atoms with E-state index in [1.807, 2.05) is 18.3 Å². The van der Waals surface area contributed by atoms with Gasteiger partial charge in [-0.15, -0.1) is 0 Å². The van der Waals surface area contributed by atoms with Crippen molar-refractivity contribution in [2.45, 2.75) is 13.3 Å². The van der Waals surface area contributed by atoms with Crippen molar-refractivity contribution in [2.75, 3.05) is 19.0 Å². The lowest BCUT2D eigenvalue weighted by molar-refractivity contribution is -0.366. The predicted molar refractivity (Wildman–Crippen MR) is 70.6 cm³/mol. The van der Waals surface area contributed by atoms with Gasteiger partial charge < -0.3 is 33.2 Å². The van der Waals surface area contributed by atoms with Gasteiger partial charge in [-0.1, -0.05) is 0 Å². The van der Waals surface area contributed by atoms with E-state index >= 15 is 0 Å². The number of benzene rings is 1. The molecule has 2 aromatic rings. The van der Waals surface area contributed by atoms with Crippen LogP contribution >= 0.6 is 0 Å². The summed E-state index contributed by atoms with van der Waals surface area (Å²) >= 11 is 0. The highest BCUT2D eigenvalue weighted by Crippen LogP contribution is 2.33. The minimum Gasteiger partial charge on any atom is -1.00 e. The molecule has 0 saturated carbocycles. The third-order valence-corrected chi connectivity index (χ3v) is 2.86. The fourth-order valence-corrected chi connectivity index (χ4v) is 2.14. The van der Waals surface area contributed by atoms with Crippen molar-refractivity contribution in [2.24, 2.45) is 0 Å². The van der Waals surface area contributed by atoms with Crippen LogP contribution in [0.15, 0.2) is 18.3 Å². The molecule has 0 aliphatic heterocycles. The van der Waals surface area contributed by atoms with Gasteiger partial charge in [0, 0.05) is 24.9 Å². The molecule has 0 spiro atoms. The van der Waals surface area contributed by atoms with E-state index in [4.69, 9.17) is 4.74 Å². The molecule has 0 aliphatic carbocycles. The molecule has 0 bridgehead atoms. The second-order valence-corrected chi connectivity index (χ2v) is 4.16. The van der Waals surface area contributed by atoms with Crippen LogP contribution in [0, 0.1) is 0 Å². The van der Waals surface area contributed by atoms with Crippen molar-refractivity contribution >= 4 is 22.5 Å². The van der Waals surface area contributed by atoms with Crippen molar-refractivity contribution in [3.8, 4) is 5.75 Å². The second kappa shape index (κ2) is 6.45. The number of carbonyl (C=O) groups is 1. The Morgan fingerprint density at radius 3 is 2.79 bits per heavy atom. The third-order valence-electron chi connectivity index (χ3n) is 2.86. The Labute approximate surface area is 117 Å². The number of methoxy groups -OCH3 is 1. The minimum absolute atomic E-state index is 0. The standard InChI is InChI=1S/C13H17N3O2.ClH/c1-8(17)16-10-3-4-11(18-2)13-12(10)9(5-6-14)7-15-13;/h3-4,7,15H,5-6,14H2,1-2H3,(H,16,17);1H. The summed E-state index contributed by atoms with van der Waals surface area (Å²) in [5.41, 5.74) is 6.73. The third kappa shape index (κ3) is 3.00. The second-order valence-electron chi connectivity index (χ2n) is 4.16. The van der Waals surface area contributed by atoms with E-state index in [2.05, 4.69) is 16.0 Å². The first-order valence-corrected chi connectivity index (χ1v) is 5.91. The number of amides is 1. The van der Waals surface area contributed by atoms with Gasteiger partial charge in [0.05, 0.1) is 24.9 Å². The van der Waals surface area contributed by atoms with Crippen LogP contribution in [-0.2, 0) is 11.2 Å². The van der Waals surface area contributed by atoms with Gasteiger partial charge in [0.2, 0.25) is 5.91 Å². The first kappa shape index (κ1) is 15.3. The van der Waals surface area contributed by atoms with E-state index in [0.717, 1.165) is 40.9 Å². The van der Waals surface area contributed by atoms with E-state index in [1.54, 1.807) is 7.11 Å². The number of hydrogen-bond donors (Lipinski definition) is 3. The van der Waals surface area contributed by atoms with Gasteiger partial charge in [0.25, 0.3) is 0 Å². The number of hydrogen-bond acceptors (Lipinski definition) is 2. The Morgan fingerprint density at radius 1 is 1.47 bits per heavy atom. The van der Waals surface area contributed by atoms with Crippen molar-refractivity contribution < 1.29 is 27.7 Å². The SMILES string of the molecule is COc1ccc(NC(C)=O)c2c(CC[NH3+])c[nH]c12.[Cl-]. The molecule has 19 heavy (non-hydrogen) atoms. The smallest absolute Gasteiger partial charge is 0.221 e. The molecular weight excluding hydrogens is 266 g/mol. The van der Waals surface area contributed by atoms with Crippen LogP contribution in [-0.4, -0.2) is 24.5 Å². The van der Waals surface area contributed by atoms with Gasteiger partial charge in [-0.25, -0.2) is 0 Å². The van der Waals surface area contributed by atoms with E-state index in [1.165, 1.54) is 6.92 Å². The summed E-state index contributed by atoms with van der Waals surface area (Å²) in [6.45, 7) is 2.31. The summed E-state index contributed by atoms with van der Waals surface area (Å²) < 4.78 is 5.32. The number of nitrogens with one attached hydrogen (secondary N) is 2. The molecule has 0 radical (unpaired) electrons. The quantitative estimate of drug-likeness (QED) is 0.602. The molecule has 1 heterocycles. The summed E-state index contributed by atoms with van der Waals surface area (Å²) in [5.74, 6) is 0.692. The van der Waals surface area contributed by atoms with Crippen LogP contribution in [0.4, 0.5) is 5.69 Å². The number of anilines is 1. The molecule has 6 heteroatoms. The number of quaternary nitrogens is 1. The number of H-pyrrole nitrogens is 1. The van der Waals surface area contributed by atoms with Gasteiger partial charge in [-0.05, 0) is 17.7 Å². The molecular formula is C13H18ClN3O2. The lowest BCUT2D eigenvalue weighted by Gasteiger charge is -2.09. The molecule has 0 aliphatic rings. The average Bonchev–Trinajstić information content (AvgIpc) is 2.74. The Morgan fingerprint density at radius 2 is 2.21 bits per heavy atom. The van der Waals surface area contributed by atoms with Gasteiger partial charge >= 0.3 is 0 Å². The van der Waals surface area contributed by atoms with Crippen LogP contribution in [0.25, 0.3) is 10.9 Å². The maximum atomic E-state index is 11.2. The number of ether oxygens (including phenoxy) is 1. The zero-order valence-electron chi connectivity index (χ0n) is 11.0. The fraction of sp³-hybridized carbons (Fsp3) is 0.308. The molecule has 5 N–H and O–H groups in total. The number of aromatic amines is 1. The van der Waals surface area contributed by atoms with E-state index in [-0.39, 0.29) is 18.3 Å². The highest BCUT2D eigenvalue weighted by molar-refractivity contribution is 6.04. The van der Waals surface area contributed by atoms with Crippen molar-refractivity contribution in [3.63, 3.8) is 0 Å². The molecule has 104 valence electrons. The first-order valence-electron chi connectivity index (χ1n) is 5.91. The van der Waals surface area contributed by atoms with Gasteiger partial charge in [0.15, 0.2) is 0 Å². The minimum atomic E-state index is -0.0803. The van der Waals surface area contributed by atoms with Crippen LogP contribution in [0.3, 0.4) is 0 Å². The summed E-state index contributed by atoms with van der Waals surface area (Å²) in [6.07, 6.45) is 2.81. The van der Waals surface area contributed by atoms with Crippen molar-refractivity contribution in [3.05, 3.63) is 23.9 Å². The summed E-state index contributed by atoms with van der Waals surface area (Å²) in [6, 6.07) is 3.71. The zero-order valence-corrected chi connectivity index (χ0v) is 11.8. The summed E-state index contributed by atoms with van der Waals surface area (Å²) in [7, 11) is 1.63. The van der Waals surface area contributed by atoms with Gasteiger partial charge in [-0.2, -0.15) is 0 Å². The molecule has 1 amide bonds. The molecule has 2 rings (SSSR count). The van der Waals surface area contributed by atoms with E-state index in [0.29, 0.717) is 0 Å². The fourth-order valence-electron chi connectivity index (χ4n) is 2.14. The van der Waals surface area contributed by atoms with Crippen LogP contribution < -0.4 is 28.2 Å². The number of rotatable bonds is 4. The molecule has 0 unspecified atom stereocenters. The summed E-state index contributed by atoms with van der Waals surface area (Å²) in [5, 5.41) is 3.86. The zero-order chi connectivity index (χ0) is 13.1. The van der Waals surface area contributed by atoms with E-state index in [9.17, 15) is 4.79 Å². The van der Waals surface area contributed by atoms with Crippen LogP contribution in [0.5, 0.6) is 5.75 Å². The molecule has 1 aromatic carbocycles. The largest absolute Gasteiger partial charge is 1.00 e. The lowest BCUT2D eigenvalue weighted by Crippen LogP contribution is -3.00. The van der Waals surface area contributed by atoms with Crippen LogP contribution in [0.2, 0.25) is 0 Å². The first-order chi connectivity index (χ1) is 8.67. The number of fused-ring (bicyclic) bond motifs is 1. The number of carbonyl (C=O) groups excluding carboxylic acids is 1. The molecule has 5 nitrogen and oxygen atoms in total. The Bertz CT molecular complexity index is 581. The molecule has 0 saturated heterocycles. The highest BCUT2D eigenvalue weighted by atomic mass is 35.5. The maximum absolute atomic E-state index is 11.2. The monoisotopic (exact) mass is 283 g/mol. The Balaban J connectivity index is 0.00000180. The topological polar surface area (TPSA) is 81.8 Å². The lowest BCUT2D eigenvalue weighted by atomic mass is 10.1. The van der Waals surface area contributed by atoms with E-state index < -0.39 is 0 Å². The predicted octanol–water partition coefficient (Wildman–Crippen LogP) is -2.08. The van der Waals surface area contributed by atoms with Crippen LogP contribution in [0.1, 0.15) is 12.5 Å². The molecule has 0 fully saturated rings. The Kier molecular flexibility index (Phi) is 5.20. The normalized spacial score (nSPS) is 10.1. The summed E-state index contributed by atoms with van der Waals surface area (Å²) in [4.78, 5) is 14.4.